The van der Waals surface area contributed by atoms with Gasteiger partial charge in [0.2, 0.25) is 5.91 Å². The van der Waals surface area contributed by atoms with Crippen LogP contribution in [0.4, 0.5) is 0 Å². The summed E-state index contributed by atoms with van der Waals surface area (Å²) in [5.41, 5.74) is 0.317. The Morgan fingerprint density at radius 3 is 2.76 bits per heavy atom. The molecule has 1 aromatic rings. The van der Waals surface area contributed by atoms with Crippen molar-refractivity contribution in [3.63, 3.8) is 0 Å². The molecule has 0 aliphatic carbocycles. The van der Waals surface area contributed by atoms with E-state index in [9.17, 15) is 14.4 Å². The predicted octanol–water partition coefficient (Wildman–Crippen LogP) is 2.26. The van der Waals surface area contributed by atoms with Crippen LogP contribution in [0.5, 0.6) is 0 Å². The van der Waals surface area contributed by atoms with Crippen LogP contribution >= 0.6 is 11.6 Å². The molecule has 0 spiro atoms. The van der Waals surface area contributed by atoms with E-state index in [4.69, 9.17) is 16.3 Å². The van der Waals surface area contributed by atoms with Crippen LogP contribution in [-0.4, -0.2) is 48.4 Å². The number of amides is 2. The Kier molecular flexibility index (Phi) is 6.82. The molecule has 1 aliphatic rings. The normalized spacial score (nSPS) is 17.4. The van der Waals surface area contributed by atoms with Gasteiger partial charge in [-0.05, 0) is 24.5 Å². The van der Waals surface area contributed by atoms with Gasteiger partial charge in [-0.2, -0.15) is 0 Å². The third-order valence-electron chi connectivity index (χ3n) is 4.01. The maximum atomic E-state index is 12.8. The summed E-state index contributed by atoms with van der Waals surface area (Å²) in [4.78, 5) is 38.4. The fourth-order valence-electron chi connectivity index (χ4n) is 2.58. The van der Waals surface area contributed by atoms with Crippen LogP contribution in [0, 0.1) is 5.92 Å². The number of ether oxygens (including phenoxy) is 1. The Hall–Kier alpha value is -2.08. The highest BCUT2D eigenvalue weighted by molar-refractivity contribution is 6.33. The zero-order chi connectivity index (χ0) is 18.4. The molecule has 1 fully saturated rings. The monoisotopic (exact) mass is 366 g/mol. The van der Waals surface area contributed by atoms with Gasteiger partial charge in [0.25, 0.3) is 5.91 Å². The second kappa shape index (κ2) is 8.85. The minimum absolute atomic E-state index is 0.167. The smallest absolute Gasteiger partial charge is 0.308 e. The van der Waals surface area contributed by atoms with Gasteiger partial charge in [0.1, 0.15) is 6.04 Å². The van der Waals surface area contributed by atoms with Gasteiger partial charge in [-0.3, -0.25) is 14.4 Å². The average molecular weight is 367 g/mol. The first-order valence-electron chi connectivity index (χ1n) is 8.39. The highest BCUT2D eigenvalue weighted by Gasteiger charge is 2.36. The zero-order valence-electron chi connectivity index (χ0n) is 14.5. The van der Waals surface area contributed by atoms with E-state index in [1.165, 1.54) is 4.90 Å². The second-order valence-electron chi connectivity index (χ2n) is 6.39. The molecule has 1 saturated heterocycles. The second-order valence-corrected chi connectivity index (χ2v) is 6.80. The number of carbonyl (C=O) groups excluding carboxylic acids is 3. The lowest BCUT2D eigenvalue weighted by molar-refractivity contribution is -0.148. The van der Waals surface area contributed by atoms with E-state index in [1.807, 2.05) is 13.8 Å². The molecule has 1 aromatic carbocycles. The summed E-state index contributed by atoms with van der Waals surface area (Å²) in [6.45, 7) is 5.04. The van der Waals surface area contributed by atoms with Crippen molar-refractivity contribution in [1.29, 1.82) is 0 Å². The molecule has 136 valence electrons. The molecule has 0 radical (unpaired) electrons. The van der Waals surface area contributed by atoms with Crippen molar-refractivity contribution in [1.82, 2.24) is 10.2 Å². The van der Waals surface area contributed by atoms with Crippen molar-refractivity contribution in [2.45, 2.75) is 32.7 Å². The van der Waals surface area contributed by atoms with Gasteiger partial charge in [-0.25, -0.2) is 0 Å². The average Bonchev–Trinajstić information content (AvgIpc) is 2.56. The molecule has 6 nitrogen and oxygen atoms in total. The molecule has 2 rings (SSSR count). The maximum absolute atomic E-state index is 12.8. The number of rotatable bonds is 6. The first kappa shape index (κ1) is 19.2. The number of carbonyl (C=O) groups is 3. The highest BCUT2D eigenvalue weighted by Crippen LogP contribution is 2.20. The van der Waals surface area contributed by atoms with E-state index in [2.05, 4.69) is 5.32 Å². The number of halogens is 1. The first-order chi connectivity index (χ1) is 11.9. The molecule has 1 N–H and O–H groups in total. The van der Waals surface area contributed by atoms with Crippen molar-refractivity contribution in [2.24, 2.45) is 5.92 Å². The number of piperazine rings is 1. The number of hydrogen-bond acceptors (Lipinski definition) is 4. The van der Waals surface area contributed by atoms with E-state index >= 15 is 0 Å². The highest BCUT2D eigenvalue weighted by atomic mass is 35.5. The molecule has 0 saturated carbocycles. The van der Waals surface area contributed by atoms with Gasteiger partial charge >= 0.3 is 5.97 Å². The van der Waals surface area contributed by atoms with Crippen molar-refractivity contribution in [3.8, 4) is 0 Å². The summed E-state index contributed by atoms with van der Waals surface area (Å²) < 4.78 is 5.18. The summed E-state index contributed by atoms with van der Waals surface area (Å²) in [5, 5.41) is 3.01. The van der Waals surface area contributed by atoms with Crippen molar-refractivity contribution in [3.05, 3.63) is 34.9 Å². The van der Waals surface area contributed by atoms with E-state index in [0.717, 1.165) is 6.42 Å². The molecule has 7 heteroatoms. The lowest BCUT2D eigenvalue weighted by Crippen LogP contribution is -2.57. The molecule has 2 amide bonds. The Bertz CT molecular complexity index is 648. The van der Waals surface area contributed by atoms with Crippen LogP contribution in [0.2, 0.25) is 5.02 Å². The summed E-state index contributed by atoms with van der Waals surface area (Å²) in [5.74, 6) is -0.781. The number of esters is 1. The van der Waals surface area contributed by atoms with Gasteiger partial charge in [-0.15, -0.1) is 0 Å². The minimum Gasteiger partial charge on any atom is -0.466 e. The van der Waals surface area contributed by atoms with Gasteiger partial charge in [0.15, 0.2) is 0 Å². The Balaban J connectivity index is 2.07. The number of hydrogen-bond donors (Lipinski definition) is 1. The molecule has 1 atom stereocenters. The topological polar surface area (TPSA) is 75.7 Å². The molecule has 1 unspecified atom stereocenters. The van der Waals surface area contributed by atoms with Gasteiger partial charge in [-0.1, -0.05) is 37.6 Å². The van der Waals surface area contributed by atoms with E-state index in [0.29, 0.717) is 36.2 Å². The quantitative estimate of drug-likeness (QED) is 0.783. The lowest BCUT2D eigenvalue weighted by atomic mass is 10.1. The third-order valence-corrected chi connectivity index (χ3v) is 4.34. The Labute approximate surface area is 152 Å². The van der Waals surface area contributed by atoms with Crippen LogP contribution in [0.1, 0.15) is 37.0 Å². The van der Waals surface area contributed by atoms with Crippen molar-refractivity contribution < 1.29 is 19.1 Å². The summed E-state index contributed by atoms with van der Waals surface area (Å²) >= 11 is 6.09. The van der Waals surface area contributed by atoms with E-state index in [1.54, 1.807) is 24.3 Å². The fourth-order valence-corrected chi connectivity index (χ4v) is 2.79. The molecule has 0 bridgehead atoms. The SMILES string of the molecule is CC(C)CCOC(=O)CC1C(=O)NCCN1C(=O)c1ccccc1Cl. The van der Waals surface area contributed by atoms with Gasteiger partial charge in [0, 0.05) is 13.1 Å². The molecular formula is C18H23ClN2O4. The van der Waals surface area contributed by atoms with Gasteiger partial charge < -0.3 is 15.0 Å². The van der Waals surface area contributed by atoms with E-state index in [-0.39, 0.29) is 18.2 Å². The Morgan fingerprint density at radius 2 is 2.08 bits per heavy atom. The van der Waals surface area contributed by atoms with Crippen LogP contribution in [0.25, 0.3) is 0 Å². The maximum Gasteiger partial charge on any atom is 0.308 e. The standard InChI is InChI=1S/C18H23ClN2O4/c1-12(2)7-10-25-16(22)11-15-17(23)20-8-9-21(15)18(24)13-5-3-4-6-14(13)19/h3-6,12,15H,7-11H2,1-2H3,(H,20,23). The predicted molar refractivity (Wildman–Crippen MR) is 94.3 cm³/mol. The lowest BCUT2D eigenvalue weighted by Gasteiger charge is -2.34. The summed E-state index contributed by atoms with van der Waals surface area (Å²) in [6, 6.07) is 5.77. The van der Waals surface area contributed by atoms with Crippen LogP contribution < -0.4 is 5.32 Å². The van der Waals surface area contributed by atoms with Gasteiger partial charge in [0.05, 0.1) is 23.6 Å². The van der Waals surface area contributed by atoms with E-state index < -0.39 is 12.0 Å². The van der Waals surface area contributed by atoms with Crippen molar-refractivity contribution in [2.75, 3.05) is 19.7 Å². The summed E-state index contributed by atoms with van der Waals surface area (Å²) in [7, 11) is 0. The Morgan fingerprint density at radius 1 is 1.36 bits per heavy atom. The molecule has 1 aliphatic heterocycles. The largest absolute Gasteiger partial charge is 0.466 e. The fraction of sp³-hybridized carbons (Fsp3) is 0.500. The van der Waals surface area contributed by atoms with Crippen LogP contribution in [-0.2, 0) is 14.3 Å². The third kappa shape index (κ3) is 5.19. The van der Waals surface area contributed by atoms with Crippen LogP contribution in [0.15, 0.2) is 24.3 Å². The summed E-state index contributed by atoms with van der Waals surface area (Å²) in [6.07, 6.45) is 0.588. The first-order valence-corrected chi connectivity index (χ1v) is 8.76. The van der Waals surface area contributed by atoms with Crippen LogP contribution in [0.3, 0.4) is 0 Å². The number of nitrogens with one attached hydrogen (secondary N) is 1. The minimum atomic E-state index is -0.885. The molecular weight excluding hydrogens is 344 g/mol. The number of benzene rings is 1. The molecule has 0 aromatic heterocycles. The number of nitrogens with zero attached hydrogens (tertiary/aromatic N) is 1. The molecule has 1 heterocycles. The molecule has 25 heavy (non-hydrogen) atoms. The zero-order valence-corrected chi connectivity index (χ0v) is 15.2. The van der Waals surface area contributed by atoms with Crippen molar-refractivity contribution >= 4 is 29.4 Å².